The van der Waals surface area contributed by atoms with Crippen molar-refractivity contribution in [3.63, 3.8) is 0 Å². The van der Waals surface area contributed by atoms with Crippen LogP contribution in [0.1, 0.15) is 0 Å². The van der Waals surface area contributed by atoms with Gasteiger partial charge in [-0.05, 0) is 69.4 Å². The Morgan fingerprint density at radius 3 is 1.93 bits per heavy atom. The monoisotopic (exact) mass is 607 g/mol. The minimum atomic E-state index is 0.625. The van der Waals surface area contributed by atoms with Crippen molar-refractivity contribution < 1.29 is 0 Å². The van der Waals surface area contributed by atoms with Crippen LogP contribution < -0.4 is 0 Å². The molecule has 9 aromatic rings. The third-order valence-electron chi connectivity index (χ3n) is 8.87. The lowest BCUT2D eigenvalue weighted by Crippen LogP contribution is -2.03. The first kappa shape index (κ1) is 26.6. The molecule has 0 saturated heterocycles. The first-order valence-electron chi connectivity index (χ1n) is 15.4. The molecular formula is C42H26ClN3. The largest absolute Gasteiger partial charge is 0.278 e. The maximum Gasteiger partial charge on any atom is 0.235 e. The molecule has 4 heteroatoms. The number of aromatic nitrogens is 3. The second-order valence-electron chi connectivity index (χ2n) is 11.6. The summed E-state index contributed by atoms with van der Waals surface area (Å²) >= 11 is 6.59. The second-order valence-corrected chi connectivity index (χ2v) is 12.0. The summed E-state index contributed by atoms with van der Waals surface area (Å²) in [5.41, 5.74) is 9.55. The molecule has 0 bridgehead atoms. The van der Waals surface area contributed by atoms with Crippen molar-refractivity contribution in [2.24, 2.45) is 0 Å². The van der Waals surface area contributed by atoms with E-state index in [9.17, 15) is 0 Å². The van der Waals surface area contributed by atoms with Gasteiger partial charge in [-0.25, -0.2) is 9.97 Å². The van der Waals surface area contributed by atoms with Gasteiger partial charge in [-0.3, -0.25) is 4.57 Å². The van der Waals surface area contributed by atoms with Crippen LogP contribution in [0, 0.1) is 0 Å². The second kappa shape index (κ2) is 10.7. The van der Waals surface area contributed by atoms with E-state index in [1.54, 1.807) is 0 Å². The average Bonchev–Trinajstić information content (AvgIpc) is 3.45. The minimum absolute atomic E-state index is 0.625. The molecule has 0 N–H and O–H groups in total. The molecule has 0 aliphatic rings. The highest BCUT2D eigenvalue weighted by Crippen LogP contribution is 2.40. The van der Waals surface area contributed by atoms with E-state index in [1.165, 1.54) is 21.9 Å². The summed E-state index contributed by atoms with van der Waals surface area (Å²) < 4.78 is 2.18. The Bertz CT molecular complexity index is 2590. The molecule has 46 heavy (non-hydrogen) atoms. The van der Waals surface area contributed by atoms with E-state index in [1.807, 2.05) is 12.1 Å². The molecular weight excluding hydrogens is 582 g/mol. The van der Waals surface area contributed by atoms with Gasteiger partial charge in [-0.15, -0.1) is 0 Å². The molecule has 0 unspecified atom stereocenters. The van der Waals surface area contributed by atoms with Gasteiger partial charge in [0.1, 0.15) is 0 Å². The molecule has 0 spiro atoms. The smallest absolute Gasteiger partial charge is 0.235 e. The zero-order valence-corrected chi connectivity index (χ0v) is 25.5. The van der Waals surface area contributed by atoms with E-state index in [4.69, 9.17) is 21.6 Å². The van der Waals surface area contributed by atoms with Crippen molar-refractivity contribution in [1.82, 2.24) is 14.5 Å². The van der Waals surface area contributed by atoms with E-state index in [0.29, 0.717) is 11.0 Å². The maximum absolute atomic E-state index is 6.59. The fourth-order valence-corrected chi connectivity index (χ4v) is 6.95. The minimum Gasteiger partial charge on any atom is -0.278 e. The molecule has 2 aromatic heterocycles. The summed E-state index contributed by atoms with van der Waals surface area (Å²) in [6.45, 7) is 0. The van der Waals surface area contributed by atoms with Crippen LogP contribution in [-0.4, -0.2) is 14.5 Å². The molecule has 0 fully saturated rings. The molecule has 9 rings (SSSR count). The van der Waals surface area contributed by atoms with Crippen molar-refractivity contribution in [3.8, 4) is 39.5 Å². The van der Waals surface area contributed by atoms with Crippen LogP contribution >= 0.6 is 11.6 Å². The highest BCUT2D eigenvalue weighted by molar-refractivity contribution is 6.32. The first-order valence-corrected chi connectivity index (χ1v) is 15.7. The fraction of sp³-hybridized carbons (Fsp3) is 0. The van der Waals surface area contributed by atoms with Crippen molar-refractivity contribution in [2.45, 2.75) is 0 Å². The summed E-state index contributed by atoms with van der Waals surface area (Å²) in [5, 5.41) is 6.29. The third kappa shape index (κ3) is 4.28. The predicted octanol–water partition coefficient (Wildman–Crippen LogP) is 11.5. The lowest BCUT2D eigenvalue weighted by Gasteiger charge is -2.15. The number of hydrogen-bond donors (Lipinski definition) is 0. The number of halogens is 1. The Hall–Kier alpha value is -5.77. The van der Waals surface area contributed by atoms with E-state index in [0.717, 1.165) is 55.1 Å². The maximum atomic E-state index is 6.59. The van der Waals surface area contributed by atoms with Gasteiger partial charge in [-0.2, -0.15) is 0 Å². The zero-order valence-electron chi connectivity index (χ0n) is 24.7. The lowest BCUT2D eigenvalue weighted by atomic mass is 9.91. The van der Waals surface area contributed by atoms with Crippen molar-refractivity contribution >= 4 is 55.1 Å². The van der Waals surface area contributed by atoms with Crippen LogP contribution in [0.25, 0.3) is 82.9 Å². The van der Waals surface area contributed by atoms with Crippen molar-refractivity contribution in [3.05, 3.63) is 163 Å². The summed E-state index contributed by atoms with van der Waals surface area (Å²) in [4.78, 5) is 10.5. The summed E-state index contributed by atoms with van der Waals surface area (Å²) in [5.74, 6) is 0.625. The van der Waals surface area contributed by atoms with E-state index >= 15 is 0 Å². The zero-order chi connectivity index (χ0) is 30.6. The fourth-order valence-electron chi connectivity index (χ4n) is 6.78. The number of rotatable bonds is 4. The SMILES string of the molecule is Clc1ccc2c(c1)c1c3ccccc3ccc1n2-c1nc(-c2ccc(-c3ccccc3)c(-c3ccccc3)c2)c2ccccc2n1. The molecule has 3 nitrogen and oxygen atoms in total. The first-order chi connectivity index (χ1) is 22.7. The van der Waals surface area contributed by atoms with Gasteiger partial charge in [0.25, 0.3) is 0 Å². The molecule has 0 atom stereocenters. The molecule has 216 valence electrons. The number of fused-ring (bicyclic) bond motifs is 6. The normalized spacial score (nSPS) is 11.6. The van der Waals surface area contributed by atoms with Crippen LogP contribution in [0.2, 0.25) is 5.02 Å². The molecule has 0 saturated carbocycles. The standard InChI is InChI=1S/C42H26ClN3/c43-31-21-24-38-36(26-31)40-33-16-8-7-15-29(33)20-23-39(40)46(38)42-44-37-18-10-9-17-34(37)41(45-42)30-19-22-32(27-11-3-1-4-12-27)35(25-30)28-13-5-2-6-14-28/h1-26H. The van der Waals surface area contributed by atoms with Gasteiger partial charge in [0, 0.05) is 26.7 Å². The quantitative estimate of drug-likeness (QED) is 0.199. The van der Waals surface area contributed by atoms with Gasteiger partial charge in [-0.1, -0.05) is 133 Å². The Morgan fingerprint density at radius 2 is 1.13 bits per heavy atom. The highest BCUT2D eigenvalue weighted by Gasteiger charge is 2.20. The summed E-state index contributed by atoms with van der Waals surface area (Å²) in [6, 6.07) is 55.0. The third-order valence-corrected chi connectivity index (χ3v) is 9.11. The van der Waals surface area contributed by atoms with Crippen LogP contribution in [0.4, 0.5) is 0 Å². The van der Waals surface area contributed by atoms with Gasteiger partial charge in [0.15, 0.2) is 0 Å². The molecule has 2 heterocycles. The molecule has 7 aromatic carbocycles. The van der Waals surface area contributed by atoms with Crippen molar-refractivity contribution in [1.29, 1.82) is 0 Å². The Kier molecular flexibility index (Phi) is 6.19. The highest BCUT2D eigenvalue weighted by atomic mass is 35.5. The van der Waals surface area contributed by atoms with E-state index in [-0.39, 0.29) is 0 Å². The van der Waals surface area contributed by atoms with Gasteiger partial charge in [0.05, 0.1) is 22.2 Å². The summed E-state index contributed by atoms with van der Waals surface area (Å²) in [6.07, 6.45) is 0. The van der Waals surface area contributed by atoms with Crippen molar-refractivity contribution in [2.75, 3.05) is 0 Å². The predicted molar refractivity (Wildman–Crippen MR) is 193 cm³/mol. The number of nitrogens with zero attached hydrogens (tertiary/aromatic N) is 3. The van der Waals surface area contributed by atoms with Crippen LogP contribution in [-0.2, 0) is 0 Å². The van der Waals surface area contributed by atoms with Crippen LogP contribution in [0.5, 0.6) is 0 Å². The molecule has 0 aliphatic heterocycles. The molecule has 0 aliphatic carbocycles. The van der Waals surface area contributed by atoms with Gasteiger partial charge in [0.2, 0.25) is 5.95 Å². The topological polar surface area (TPSA) is 30.7 Å². The molecule has 0 radical (unpaired) electrons. The Labute approximate surface area is 271 Å². The van der Waals surface area contributed by atoms with E-state index < -0.39 is 0 Å². The lowest BCUT2D eigenvalue weighted by molar-refractivity contribution is 1.01. The number of hydrogen-bond acceptors (Lipinski definition) is 2. The number of benzene rings is 7. The Balaban J connectivity index is 1.34. The summed E-state index contributed by atoms with van der Waals surface area (Å²) in [7, 11) is 0. The van der Waals surface area contributed by atoms with Gasteiger partial charge >= 0.3 is 0 Å². The van der Waals surface area contributed by atoms with Gasteiger partial charge < -0.3 is 0 Å². The van der Waals surface area contributed by atoms with Crippen LogP contribution in [0.3, 0.4) is 0 Å². The molecule has 0 amide bonds. The Morgan fingerprint density at radius 1 is 0.457 bits per heavy atom. The average molecular weight is 608 g/mol. The number of para-hydroxylation sites is 1. The van der Waals surface area contributed by atoms with E-state index in [2.05, 4.69) is 150 Å². The van der Waals surface area contributed by atoms with Crippen LogP contribution in [0.15, 0.2) is 158 Å².